The first-order valence-corrected chi connectivity index (χ1v) is 7.83. The minimum absolute atomic E-state index is 0.153. The summed E-state index contributed by atoms with van der Waals surface area (Å²) >= 11 is 0. The predicted octanol–water partition coefficient (Wildman–Crippen LogP) is 1.94. The molecule has 1 heterocycles. The molecule has 1 N–H and O–H groups in total. The molecule has 1 rings (SSSR count). The molecule has 0 saturated heterocycles. The standard InChI is InChI=1S/C15H31N5/c1-7-15(8-2,19(5)6)13(16-9-3)11-14-17-12-18-20(14)10-4/h12-13,16H,7-11H2,1-6H3. The molecule has 0 fully saturated rings. The van der Waals surface area contributed by atoms with Crippen LogP contribution in [-0.4, -0.2) is 51.9 Å². The van der Waals surface area contributed by atoms with E-state index in [0.717, 1.165) is 38.2 Å². The number of nitrogens with zero attached hydrogens (tertiary/aromatic N) is 4. The van der Waals surface area contributed by atoms with Gasteiger partial charge in [-0.15, -0.1) is 0 Å². The number of aryl methyl sites for hydroxylation is 1. The van der Waals surface area contributed by atoms with E-state index in [9.17, 15) is 0 Å². The molecule has 0 aromatic carbocycles. The Morgan fingerprint density at radius 1 is 1.25 bits per heavy atom. The van der Waals surface area contributed by atoms with Gasteiger partial charge >= 0.3 is 0 Å². The average Bonchev–Trinajstić information content (AvgIpc) is 2.88. The molecule has 0 radical (unpaired) electrons. The van der Waals surface area contributed by atoms with Crippen molar-refractivity contribution in [2.75, 3.05) is 20.6 Å². The monoisotopic (exact) mass is 281 g/mol. The van der Waals surface area contributed by atoms with E-state index in [1.807, 2.05) is 4.68 Å². The van der Waals surface area contributed by atoms with Crippen molar-refractivity contribution in [2.45, 2.75) is 65.1 Å². The molecule has 1 aromatic heterocycles. The summed E-state index contributed by atoms with van der Waals surface area (Å²) in [7, 11) is 4.36. The SMILES string of the molecule is CCNC(Cc1ncnn1CC)C(CC)(CC)N(C)C. The third-order valence-corrected chi connectivity index (χ3v) is 4.60. The second-order valence-corrected chi connectivity index (χ2v) is 5.51. The molecule has 116 valence electrons. The van der Waals surface area contributed by atoms with Crippen LogP contribution in [0.25, 0.3) is 0 Å². The van der Waals surface area contributed by atoms with E-state index in [0.29, 0.717) is 6.04 Å². The van der Waals surface area contributed by atoms with E-state index in [1.165, 1.54) is 0 Å². The highest BCUT2D eigenvalue weighted by Crippen LogP contribution is 2.27. The number of likely N-dealkylation sites (N-methyl/N-ethyl adjacent to an activating group) is 2. The molecule has 20 heavy (non-hydrogen) atoms. The fourth-order valence-corrected chi connectivity index (χ4v) is 3.28. The number of hydrogen-bond donors (Lipinski definition) is 1. The topological polar surface area (TPSA) is 46.0 Å². The Balaban J connectivity index is 3.03. The van der Waals surface area contributed by atoms with Gasteiger partial charge in [0.05, 0.1) is 0 Å². The summed E-state index contributed by atoms with van der Waals surface area (Å²) in [5.74, 6) is 1.08. The molecule has 0 spiro atoms. The molecule has 1 unspecified atom stereocenters. The van der Waals surface area contributed by atoms with Gasteiger partial charge in [-0.1, -0.05) is 20.8 Å². The first kappa shape index (κ1) is 17.1. The first-order valence-electron chi connectivity index (χ1n) is 7.83. The Kier molecular flexibility index (Phi) is 6.62. The first-order chi connectivity index (χ1) is 9.55. The molecule has 5 nitrogen and oxygen atoms in total. The van der Waals surface area contributed by atoms with Crippen molar-refractivity contribution in [3.05, 3.63) is 12.2 Å². The summed E-state index contributed by atoms with van der Waals surface area (Å²) in [5.41, 5.74) is 0.153. The lowest BCUT2D eigenvalue weighted by Crippen LogP contribution is -2.59. The van der Waals surface area contributed by atoms with Crippen LogP contribution in [0.3, 0.4) is 0 Å². The number of aromatic nitrogens is 3. The van der Waals surface area contributed by atoms with E-state index >= 15 is 0 Å². The van der Waals surface area contributed by atoms with Crippen molar-refractivity contribution in [1.82, 2.24) is 25.0 Å². The van der Waals surface area contributed by atoms with Gasteiger partial charge in [-0.25, -0.2) is 4.98 Å². The van der Waals surface area contributed by atoms with Crippen LogP contribution in [0.4, 0.5) is 0 Å². The average molecular weight is 281 g/mol. The fourth-order valence-electron chi connectivity index (χ4n) is 3.28. The Morgan fingerprint density at radius 3 is 2.35 bits per heavy atom. The van der Waals surface area contributed by atoms with E-state index in [2.05, 4.69) is 62.1 Å². The Morgan fingerprint density at radius 2 is 1.90 bits per heavy atom. The predicted molar refractivity (Wildman–Crippen MR) is 83.9 cm³/mol. The quantitative estimate of drug-likeness (QED) is 0.751. The number of rotatable bonds is 9. The summed E-state index contributed by atoms with van der Waals surface area (Å²) in [6.07, 6.45) is 4.82. The molecule has 1 aromatic rings. The second kappa shape index (κ2) is 7.74. The zero-order valence-corrected chi connectivity index (χ0v) is 14.0. The maximum atomic E-state index is 4.44. The van der Waals surface area contributed by atoms with Crippen LogP contribution < -0.4 is 5.32 Å². The third kappa shape index (κ3) is 3.38. The summed E-state index contributed by atoms with van der Waals surface area (Å²) in [4.78, 5) is 6.81. The van der Waals surface area contributed by atoms with Crippen LogP contribution in [0.5, 0.6) is 0 Å². The zero-order valence-electron chi connectivity index (χ0n) is 14.0. The molecular formula is C15H31N5. The van der Waals surface area contributed by atoms with Gasteiger partial charge in [0, 0.05) is 24.5 Å². The van der Waals surface area contributed by atoms with Crippen molar-refractivity contribution in [1.29, 1.82) is 0 Å². The highest BCUT2D eigenvalue weighted by atomic mass is 15.3. The van der Waals surface area contributed by atoms with Gasteiger partial charge in [-0.2, -0.15) is 5.10 Å². The molecule has 0 aliphatic rings. The second-order valence-electron chi connectivity index (χ2n) is 5.51. The smallest absolute Gasteiger partial charge is 0.138 e. The third-order valence-electron chi connectivity index (χ3n) is 4.60. The lowest BCUT2D eigenvalue weighted by Gasteiger charge is -2.45. The largest absolute Gasteiger partial charge is 0.312 e. The van der Waals surface area contributed by atoms with Gasteiger partial charge in [0.25, 0.3) is 0 Å². The summed E-state index contributed by atoms with van der Waals surface area (Å²) < 4.78 is 2.00. The summed E-state index contributed by atoms with van der Waals surface area (Å²) in [6.45, 7) is 10.7. The van der Waals surface area contributed by atoms with Gasteiger partial charge in [0.15, 0.2) is 0 Å². The van der Waals surface area contributed by atoms with Crippen LogP contribution in [-0.2, 0) is 13.0 Å². The van der Waals surface area contributed by atoms with Gasteiger partial charge in [0.1, 0.15) is 12.2 Å². The van der Waals surface area contributed by atoms with Crippen LogP contribution >= 0.6 is 0 Å². The fraction of sp³-hybridized carbons (Fsp3) is 0.867. The van der Waals surface area contributed by atoms with Crippen molar-refractivity contribution in [3.8, 4) is 0 Å². The minimum atomic E-state index is 0.153. The lowest BCUT2D eigenvalue weighted by atomic mass is 9.81. The van der Waals surface area contributed by atoms with Gasteiger partial charge in [0.2, 0.25) is 0 Å². The van der Waals surface area contributed by atoms with E-state index in [4.69, 9.17) is 0 Å². The van der Waals surface area contributed by atoms with E-state index in [-0.39, 0.29) is 5.54 Å². The Hall–Kier alpha value is -0.940. The normalized spacial score (nSPS) is 13.9. The Labute approximate surface area is 123 Å². The van der Waals surface area contributed by atoms with Crippen LogP contribution in [0.2, 0.25) is 0 Å². The maximum Gasteiger partial charge on any atom is 0.138 e. The number of nitrogens with one attached hydrogen (secondary N) is 1. The van der Waals surface area contributed by atoms with E-state index in [1.54, 1.807) is 6.33 Å². The summed E-state index contributed by atoms with van der Waals surface area (Å²) in [5, 5.41) is 7.96. The van der Waals surface area contributed by atoms with Crippen LogP contribution in [0.15, 0.2) is 6.33 Å². The van der Waals surface area contributed by atoms with Crippen molar-refractivity contribution >= 4 is 0 Å². The molecule has 5 heteroatoms. The molecular weight excluding hydrogens is 250 g/mol. The van der Waals surface area contributed by atoms with Gasteiger partial charge in [-0.3, -0.25) is 4.68 Å². The molecule has 1 atom stereocenters. The van der Waals surface area contributed by atoms with Gasteiger partial charge < -0.3 is 10.2 Å². The molecule has 0 saturated carbocycles. The number of hydrogen-bond acceptors (Lipinski definition) is 4. The van der Waals surface area contributed by atoms with Crippen LogP contribution in [0, 0.1) is 0 Å². The Bertz CT molecular complexity index is 381. The highest BCUT2D eigenvalue weighted by molar-refractivity contribution is 5.02. The van der Waals surface area contributed by atoms with E-state index < -0.39 is 0 Å². The minimum Gasteiger partial charge on any atom is -0.312 e. The lowest BCUT2D eigenvalue weighted by molar-refractivity contribution is 0.0875. The zero-order chi connectivity index (χ0) is 15.2. The molecule has 0 amide bonds. The van der Waals surface area contributed by atoms with Gasteiger partial charge in [-0.05, 0) is 40.4 Å². The van der Waals surface area contributed by atoms with Crippen molar-refractivity contribution in [2.24, 2.45) is 0 Å². The van der Waals surface area contributed by atoms with Crippen LogP contribution in [0.1, 0.15) is 46.4 Å². The molecule has 0 aliphatic heterocycles. The van der Waals surface area contributed by atoms with Crippen molar-refractivity contribution in [3.63, 3.8) is 0 Å². The molecule has 0 bridgehead atoms. The molecule has 0 aliphatic carbocycles. The van der Waals surface area contributed by atoms with Crippen molar-refractivity contribution < 1.29 is 0 Å². The highest BCUT2D eigenvalue weighted by Gasteiger charge is 2.38. The summed E-state index contributed by atoms with van der Waals surface area (Å²) in [6, 6.07) is 0.381. The maximum absolute atomic E-state index is 4.44.